The van der Waals surface area contributed by atoms with E-state index < -0.39 is 0 Å². The van der Waals surface area contributed by atoms with Gasteiger partial charge in [0.1, 0.15) is 0 Å². The van der Waals surface area contributed by atoms with Gasteiger partial charge in [-0.1, -0.05) is 207 Å². The average molecular weight is 537 g/mol. The van der Waals surface area contributed by atoms with Gasteiger partial charge in [0.15, 0.2) is 0 Å². The van der Waals surface area contributed by atoms with Gasteiger partial charge in [0.05, 0.1) is 0 Å². The third-order valence-corrected chi connectivity index (χ3v) is 9.10. The van der Waals surface area contributed by atoms with E-state index in [0.29, 0.717) is 6.61 Å². The van der Waals surface area contributed by atoms with Gasteiger partial charge in [-0.2, -0.15) is 0 Å². The van der Waals surface area contributed by atoms with E-state index in [1.165, 1.54) is 193 Å². The predicted molar refractivity (Wildman–Crippen MR) is 174 cm³/mol. The highest BCUT2D eigenvalue weighted by Gasteiger charge is 2.16. The van der Waals surface area contributed by atoms with Crippen molar-refractivity contribution in [3.05, 3.63) is 0 Å². The van der Waals surface area contributed by atoms with Gasteiger partial charge in [-0.25, -0.2) is 0 Å². The summed E-state index contributed by atoms with van der Waals surface area (Å²) in [4.78, 5) is 0. The fraction of sp³-hybridized carbons (Fsp3) is 1.00. The molecule has 0 saturated carbocycles. The van der Waals surface area contributed by atoms with Crippen molar-refractivity contribution < 1.29 is 5.11 Å². The maximum absolute atomic E-state index is 9.77. The number of rotatable bonds is 33. The van der Waals surface area contributed by atoms with Gasteiger partial charge in [-0.3, -0.25) is 0 Å². The summed E-state index contributed by atoms with van der Waals surface area (Å²) in [6.45, 7) is 7.32. The van der Waals surface area contributed by atoms with E-state index in [1.807, 2.05) is 0 Å². The van der Waals surface area contributed by atoms with Crippen molar-refractivity contribution >= 4 is 0 Å². The molecule has 0 bridgehead atoms. The second kappa shape index (κ2) is 33.2. The second-order valence-corrected chi connectivity index (χ2v) is 13.0. The Bertz CT molecular complexity index is 406. The lowest BCUT2D eigenvalue weighted by atomic mass is 9.83. The van der Waals surface area contributed by atoms with Gasteiger partial charge in [-0.15, -0.1) is 0 Å². The maximum atomic E-state index is 9.77. The van der Waals surface area contributed by atoms with E-state index in [9.17, 15) is 5.11 Å². The Morgan fingerprint density at radius 3 is 0.816 bits per heavy atom. The summed E-state index contributed by atoms with van der Waals surface area (Å²) >= 11 is 0. The number of unbranched alkanes of at least 4 members (excludes halogenated alkanes) is 23. The zero-order valence-corrected chi connectivity index (χ0v) is 27.2. The van der Waals surface area contributed by atoms with Gasteiger partial charge in [0, 0.05) is 6.61 Å². The van der Waals surface area contributed by atoms with Crippen LogP contribution in [0.3, 0.4) is 0 Å². The second-order valence-electron chi connectivity index (χ2n) is 13.0. The van der Waals surface area contributed by atoms with Crippen LogP contribution in [0.4, 0.5) is 0 Å². The molecule has 0 rings (SSSR count). The SMILES string of the molecule is CCCCCCCCCCCCC(CCCCCCCCCC)CC(CCO)CCCCCCCCCC. The Labute approximate surface area is 243 Å². The first-order chi connectivity index (χ1) is 18.8. The molecule has 38 heavy (non-hydrogen) atoms. The van der Waals surface area contributed by atoms with Crippen molar-refractivity contribution in [3.8, 4) is 0 Å². The van der Waals surface area contributed by atoms with Crippen molar-refractivity contribution in [2.75, 3.05) is 6.61 Å². The van der Waals surface area contributed by atoms with E-state index in [4.69, 9.17) is 0 Å². The summed E-state index contributed by atoms with van der Waals surface area (Å²) < 4.78 is 0. The van der Waals surface area contributed by atoms with Crippen LogP contribution in [0.5, 0.6) is 0 Å². The molecule has 0 aromatic heterocycles. The van der Waals surface area contributed by atoms with E-state index in [1.54, 1.807) is 0 Å². The molecule has 0 aliphatic carbocycles. The first-order valence-corrected chi connectivity index (χ1v) is 18.4. The third-order valence-electron chi connectivity index (χ3n) is 9.10. The Morgan fingerprint density at radius 2 is 0.553 bits per heavy atom. The highest BCUT2D eigenvalue weighted by atomic mass is 16.3. The van der Waals surface area contributed by atoms with Crippen LogP contribution in [0.1, 0.15) is 220 Å². The highest BCUT2D eigenvalue weighted by Crippen LogP contribution is 2.30. The number of aliphatic hydroxyl groups is 1. The minimum absolute atomic E-state index is 0.393. The molecule has 1 heteroatoms. The molecule has 0 spiro atoms. The molecule has 0 aromatic carbocycles. The van der Waals surface area contributed by atoms with Gasteiger partial charge < -0.3 is 5.11 Å². The molecule has 0 heterocycles. The van der Waals surface area contributed by atoms with Crippen LogP contribution in [0.15, 0.2) is 0 Å². The summed E-state index contributed by atoms with van der Waals surface area (Å²) in [7, 11) is 0. The molecule has 0 aliphatic rings. The minimum Gasteiger partial charge on any atom is -0.396 e. The molecule has 0 amide bonds. The molecular formula is C37H76O. The molecule has 2 unspecified atom stereocenters. The lowest BCUT2D eigenvalue weighted by molar-refractivity contribution is 0.219. The number of hydrogen-bond acceptors (Lipinski definition) is 1. The summed E-state index contributed by atoms with van der Waals surface area (Å²) in [6, 6.07) is 0. The van der Waals surface area contributed by atoms with Crippen LogP contribution in [0.25, 0.3) is 0 Å². The average Bonchev–Trinajstić information content (AvgIpc) is 2.92. The fourth-order valence-corrected chi connectivity index (χ4v) is 6.47. The van der Waals surface area contributed by atoms with Crippen LogP contribution in [0, 0.1) is 11.8 Å². The van der Waals surface area contributed by atoms with E-state index >= 15 is 0 Å². The van der Waals surface area contributed by atoms with Gasteiger partial charge in [-0.05, 0) is 24.7 Å². The van der Waals surface area contributed by atoms with Crippen molar-refractivity contribution in [2.24, 2.45) is 11.8 Å². The normalized spacial score (nSPS) is 13.3. The first kappa shape index (κ1) is 38.0. The number of aliphatic hydroxyl groups excluding tert-OH is 1. The summed E-state index contributed by atoms with van der Waals surface area (Å²) in [5.74, 6) is 1.68. The van der Waals surface area contributed by atoms with E-state index in [0.717, 1.165) is 18.3 Å². The molecule has 0 radical (unpaired) electrons. The summed E-state index contributed by atoms with van der Waals surface area (Å²) in [5, 5.41) is 9.77. The van der Waals surface area contributed by atoms with Crippen molar-refractivity contribution in [3.63, 3.8) is 0 Å². The van der Waals surface area contributed by atoms with Crippen LogP contribution in [-0.4, -0.2) is 11.7 Å². The summed E-state index contributed by atoms with van der Waals surface area (Å²) in [5.41, 5.74) is 0. The molecule has 1 N–H and O–H groups in total. The van der Waals surface area contributed by atoms with Crippen LogP contribution in [0.2, 0.25) is 0 Å². The zero-order chi connectivity index (χ0) is 27.8. The lowest BCUT2D eigenvalue weighted by Crippen LogP contribution is -2.12. The molecule has 0 aliphatic heterocycles. The summed E-state index contributed by atoms with van der Waals surface area (Å²) in [6.07, 6.45) is 43.9. The van der Waals surface area contributed by atoms with Crippen molar-refractivity contribution in [2.45, 2.75) is 220 Å². The Hall–Kier alpha value is -0.0400. The van der Waals surface area contributed by atoms with E-state index in [-0.39, 0.29) is 0 Å². The molecule has 230 valence electrons. The van der Waals surface area contributed by atoms with Crippen molar-refractivity contribution in [1.82, 2.24) is 0 Å². The fourth-order valence-electron chi connectivity index (χ4n) is 6.47. The van der Waals surface area contributed by atoms with Crippen LogP contribution < -0.4 is 0 Å². The lowest BCUT2D eigenvalue weighted by Gasteiger charge is -2.24. The van der Waals surface area contributed by atoms with Crippen molar-refractivity contribution in [1.29, 1.82) is 0 Å². The smallest absolute Gasteiger partial charge is 0.0433 e. The quantitative estimate of drug-likeness (QED) is 0.0827. The minimum atomic E-state index is 0.393. The Balaban J connectivity index is 4.28. The van der Waals surface area contributed by atoms with Crippen LogP contribution >= 0.6 is 0 Å². The van der Waals surface area contributed by atoms with Gasteiger partial charge >= 0.3 is 0 Å². The molecule has 2 atom stereocenters. The first-order valence-electron chi connectivity index (χ1n) is 18.4. The third kappa shape index (κ3) is 29.0. The highest BCUT2D eigenvalue weighted by molar-refractivity contribution is 4.69. The molecule has 1 nitrogen and oxygen atoms in total. The maximum Gasteiger partial charge on any atom is 0.0433 e. The topological polar surface area (TPSA) is 20.2 Å². The largest absolute Gasteiger partial charge is 0.396 e. The predicted octanol–water partition coefficient (Wildman–Crippen LogP) is 13.4. The molecule has 0 saturated heterocycles. The Kier molecular flexibility index (Phi) is 33.1. The molecule has 0 aromatic rings. The Morgan fingerprint density at radius 1 is 0.316 bits per heavy atom. The molecular weight excluding hydrogens is 460 g/mol. The van der Waals surface area contributed by atoms with Gasteiger partial charge in [0.25, 0.3) is 0 Å². The molecule has 0 fully saturated rings. The zero-order valence-electron chi connectivity index (χ0n) is 27.2. The van der Waals surface area contributed by atoms with Gasteiger partial charge in [0.2, 0.25) is 0 Å². The standard InChI is InChI=1S/C37H76O/c1-4-7-10-13-16-19-20-23-25-28-31-36(30-27-24-21-17-14-11-8-5-2)35-37(33-34-38)32-29-26-22-18-15-12-9-6-3/h36-38H,4-35H2,1-3H3. The van der Waals surface area contributed by atoms with Crippen LogP contribution in [-0.2, 0) is 0 Å². The monoisotopic (exact) mass is 537 g/mol. The number of hydrogen-bond donors (Lipinski definition) is 1. The van der Waals surface area contributed by atoms with E-state index in [2.05, 4.69) is 20.8 Å².